The van der Waals surface area contributed by atoms with E-state index in [2.05, 4.69) is 12.2 Å². The molecular weight excluding hydrogens is 170 g/mol. The van der Waals surface area contributed by atoms with E-state index in [4.69, 9.17) is 9.84 Å². The minimum Gasteiger partial charge on any atom is -0.480 e. The third-order valence-electron chi connectivity index (χ3n) is 2.22. The second-order valence-electron chi connectivity index (χ2n) is 3.43. The van der Waals surface area contributed by atoms with Crippen molar-refractivity contribution >= 4 is 5.97 Å². The molecule has 1 heterocycles. The van der Waals surface area contributed by atoms with Gasteiger partial charge in [-0.05, 0) is 6.42 Å². The van der Waals surface area contributed by atoms with Gasteiger partial charge in [-0.15, -0.1) is 0 Å². The predicted molar refractivity (Wildman–Crippen MR) is 48.7 cm³/mol. The van der Waals surface area contributed by atoms with Crippen LogP contribution in [0.25, 0.3) is 0 Å². The molecule has 1 fully saturated rings. The fourth-order valence-electron chi connectivity index (χ4n) is 1.30. The van der Waals surface area contributed by atoms with Crippen molar-refractivity contribution in [2.75, 3.05) is 13.2 Å². The molecule has 0 aliphatic carbocycles. The molecule has 1 atom stereocenters. The van der Waals surface area contributed by atoms with Crippen molar-refractivity contribution in [1.29, 1.82) is 0 Å². The van der Waals surface area contributed by atoms with E-state index in [1.54, 1.807) is 0 Å². The van der Waals surface area contributed by atoms with Gasteiger partial charge < -0.3 is 9.84 Å². The van der Waals surface area contributed by atoms with Crippen molar-refractivity contribution in [3.8, 4) is 0 Å². The summed E-state index contributed by atoms with van der Waals surface area (Å²) >= 11 is 0. The lowest BCUT2D eigenvalue weighted by atomic mass is 10.1. The third kappa shape index (κ3) is 3.32. The van der Waals surface area contributed by atoms with Crippen molar-refractivity contribution in [1.82, 2.24) is 5.32 Å². The highest BCUT2D eigenvalue weighted by molar-refractivity contribution is 5.73. The van der Waals surface area contributed by atoms with Crippen LogP contribution in [0, 0.1) is 0 Å². The van der Waals surface area contributed by atoms with Crippen LogP contribution in [0.5, 0.6) is 0 Å². The Labute approximate surface area is 78.3 Å². The minimum atomic E-state index is -0.750. The van der Waals surface area contributed by atoms with Gasteiger partial charge >= 0.3 is 5.97 Å². The Balaban J connectivity index is 2.23. The number of unbranched alkanes of at least 4 members (excludes halogenated alkanes) is 1. The minimum absolute atomic E-state index is 0.248. The summed E-state index contributed by atoms with van der Waals surface area (Å²) in [6.07, 6.45) is 2.70. The van der Waals surface area contributed by atoms with Crippen LogP contribution in [0.15, 0.2) is 0 Å². The molecule has 4 nitrogen and oxygen atoms in total. The highest BCUT2D eigenvalue weighted by atomic mass is 16.5. The molecule has 76 valence electrons. The van der Waals surface area contributed by atoms with Crippen molar-refractivity contribution < 1.29 is 14.6 Å². The molecule has 0 radical (unpaired) electrons. The lowest BCUT2D eigenvalue weighted by molar-refractivity contribution is -0.141. The average Bonchev–Trinajstić information content (AvgIpc) is 2.01. The fraction of sp³-hybridized carbons (Fsp3) is 0.889. The molecule has 0 amide bonds. The number of rotatable bonds is 6. The first-order valence-electron chi connectivity index (χ1n) is 4.80. The Bertz CT molecular complexity index is 168. The molecule has 0 saturated carbocycles. The number of ether oxygens (including phenoxy) is 1. The van der Waals surface area contributed by atoms with Gasteiger partial charge in [-0.3, -0.25) is 10.1 Å². The molecule has 1 unspecified atom stereocenters. The molecule has 2 N–H and O–H groups in total. The standard InChI is InChI=1S/C9H17NO3/c1-2-3-4-8(9(11)12)10-7-5-13-6-7/h7-8,10H,2-6H2,1H3,(H,11,12). The maximum atomic E-state index is 10.8. The highest BCUT2D eigenvalue weighted by Gasteiger charge is 2.25. The third-order valence-corrected chi connectivity index (χ3v) is 2.22. The van der Waals surface area contributed by atoms with Gasteiger partial charge in [0.15, 0.2) is 0 Å². The normalized spacial score (nSPS) is 19.5. The fourth-order valence-corrected chi connectivity index (χ4v) is 1.30. The van der Waals surface area contributed by atoms with E-state index in [0.717, 1.165) is 12.8 Å². The largest absolute Gasteiger partial charge is 0.480 e. The van der Waals surface area contributed by atoms with Gasteiger partial charge in [0.05, 0.1) is 19.3 Å². The second kappa shape index (κ2) is 5.19. The predicted octanol–water partition coefficient (Wildman–Crippen LogP) is 0.618. The van der Waals surface area contributed by atoms with Gasteiger partial charge in [0.2, 0.25) is 0 Å². The van der Waals surface area contributed by atoms with Crippen LogP contribution in [0.2, 0.25) is 0 Å². The monoisotopic (exact) mass is 187 g/mol. The molecule has 0 bridgehead atoms. The Morgan fingerprint density at radius 3 is 2.77 bits per heavy atom. The zero-order chi connectivity index (χ0) is 9.68. The van der Waals surface area contributed by atoms with E-state index in [1.807, 2.05) is 0 Å². The van der Waals surface area contributed by atoms with Gasteiger partial charge in [0.1, 0.15) is 6.04 Å². The van der Waals surface area contributed by atoms with Crippen LogP contribution in [-0.4, -0.2) is 36.4 Å². The summed E-state index contributed by atoms with van der Waals surface area (Å²) < 4.78 is 4.96. The number of nitrogens with one attached hydrogen (secondary N) is 1. The van der Waals surface area contributed by atoms with Gasteiger partial charge in [0, 0.05) is 0 Å². The topological polar surface area (TPSA) is 58.6 Å². The number of carboxylic acids is 1. The van der Waals surface area contributed by atoms with E-state index in [0.29, 0.717) is 19.6 Å². The Hall–Kier alpha value is -0.610. The van der Waals surface area contributed by atoms with E-state index in [-0.39, 0.29) is 6.04 Å². The van der Waals surface area contributed by atoms with Crippen molar-refractivity contribution in [2.45, 2.75) is 38.3 Å². The smallest absolute Gasteiger partial charge is 0.320 e. The molecule has 0 aromatic heterocycles. The summed E-state index contributed by atoms with van der Waals surface area (Å²) in [6, 6.07) is -0.146. The SMILES string of the molecule is CCCCC(NC1COC1)C(=O)O. The molecule has 0 spiro atoms. The first-order valence-corrected chi connectivity index (χ1v) is 4.80. The summed E-state index contributed by atoms with van der Waals surface area (Å²) in [7, 11) is 0. The summed E-state index contributed by atoms with van der Waals surface area (Å²) in [5, 5.41) is 11.9. The van der Waals surface area contributed by atoms with Crippen LogP contribution in [0.1, 0.15) is 26.2 Å². The molecule has 1 aliphatic rings. The molecular formula is C9H17NO3. The number of aliphatic carboxylic acids is 1. The highest BCUT2D eigenvalue weighted by Crippen LogP contribution is 2.06. The van der Waals surface area contributed by atoms with Crippen molar-refractivity contribution in [3.63, 3.8) is 0 Å². The van der Waals surface area contributed by atoms with Gasteiger partial charge in [0.25, 0.3) is 0 Å². The van der Waals surface area contributed by atoms with E-state index in [1.165, 1.54) is 0 Å². The molecule has 1 saturated heterocycles. The van der Waals surface area contributed by atoms with Gasteiger partial charge in [-0.1, -0.05) is 19.8 Å². The van der Waals surface area contributed by atoms with E-state index >= 15 is 0 Å². The first-order chi connectivity index (χ1) is 6.24. The van der Waals surface area contributed by atoms with Crippen LogP contribution >= 0.6 is 0 Å². The van der Waals surface area contributed by atoms with Crippen molar-refractivity contribution in [3.05, 3.63) is 0 Å². The number of carboxylic acid groups (broad SMARTS) is 1. The molecule has 0 aromatic rings. The maximum Gasteiger partial charge on any atom is 0.320 e. The lowest BCUT2D eigenvalue weighted by Crippen LogP contribution is -2.52. The van der Waals surface area contributed by atoms with E-state index < -0.39 is 12.0 Å². The molecule has 1 aliphatic heterocycles. The Kier molecular flexibility index (Phi) is 4.18. The zero-order valence-corrected chi connectivity index (χ0v) is 7.95. The summed E-state index contributed by atoms with van der Waals surface area (Å²) in [4.78, 5) is 10.8. The number of hydrogen-bond acceptors (Lipinski definition) is 3. The van der Waals surface area contributed by atoms with Crippen LogP contribution in [0.3, 0.4) is 0 Å². The summed E-state index contributed by atoms with van der Waals surface area (Å²) in [5.41, 5.74) is 0. The molecule has 13 heavy (non-hydrogen) atoms. The summed E-state index contributed by atoms with van der Waals surface area (Å²) in [5.74, 6) is -0.750. The van der Waals surface area contributed by atoms with E-state index in [9.17, 15) is 4.79 Å². The quantitative estimate of drug-likeness (QED) is 0.640. The maximum absolute atomic E-state index is 10.8. The zero-order valence-electron chi connectivity index (χ0n) is 7.95. The first kappa shape index (κ1) is 10.5. The molecule has 4 heteroatoms. The molecule has 0 aromatic carbocycles. The van der Waals surface area contributed by atoms with Gasteiger partial charge in [-0.25, -0.2) is 0 Å². The van der Waals surface area contributed by atoms with Crippen LogP contribution in [-0.2, 0) is 9.53 Å². The Morgan fingerprint density at radius 1 is 1.69 bits per heavy atom. The average molecular weight is 187 g/mol. The number of carbonyl (C=O) groups is 1. The van der Waals surface area contributed by atoms with Gasteiger partial charge in [-0.2, -0.15) is 0 Å². The molecule has 1 rings (SSSR count). The number of hydrogen-bond donors (Lipinski definition) is 2. The van der Waals surface area contributed by atoms with Crippen LogP contribution in [0.4, 0.5) is 0 Å². The van der Waals surface area contributed by atoms with Crippen LogP contribution < -0.4 is 5.32 Å². The van der Waals surface area contributed by atoms with Crippen molar-refractivity contribution in [2.24, 2.45) is 0 Å². The second-order valence-corrected chi connectivity index (χ2v) is 3.43. The Morgan fingerprint density at radius 2 is 2.38 bits per heavy atom. The summed E-state index contributed by atoms with van der Waals surface area (Å²) in [6.45, 7) is 3.36. The lowest BCUT2D eigenvalue weighted by Gasteiger charge is -2.29.